The number of hydrogen-bond donors (Lipinski definition) is 2. The summed E-state index contributed by atoms with van der Waals surface area (Å²) in [5, 5.41) is 14.1. The Morgan fingerprint density at radius 2 is 2.23 bits per heavy atom. The van der Waals surface area contributed by atoms with E-state index in [2.05, 4.69) is 20.8 Å². The van der Waals surface area contributed by atoms with Gasteiger partial charge in [0.25, 0.3) is 0 Å². The van der Waals surface area contributed by atoms with Gasteiger partial charge in [0.1, 0.15) is 5.76 Å². The van der Waals surface area contributed by atoms with Gasteiger partial charge in [0.15, 0.2) is 5.69 Å². The number of nitrogens with zero attached hydrogens (tertiary/aromatic N) is 4. The maximum Gasteiger partial charge on any atom is 0.442 e. The van der Waals surface area contributed by atoms with Crippen LogP contribution < -0.4 is 16.8 Å². The summed E-state index contributed by atoms with van der Waals surface area (Å²) in [7, 11) is 0. The van der Waals surface area contributed by atoms with E-state index in [4.69, 9.17) is 19.3 Å². The van der Waals surface area contributed by atoms with Crippen LogP contribution in [0.5, 0.6) is 0 Å². The van der Waals surface area contributed by atoms with Crippen molar-refractivity contribution in [2.45, 2.75) is 13.5 Å². The molecule has 3 heterocycles. The summed E-state index contributed by atoms with van der Waals surface area (Å²) in [5.41, 5.74) is 6.65. The first-order valence-electron chi connectivity index (χ1n) is 6.56. The quantitative estimate of drug-likeness (QED) is 0.654. The molecular formula is C12H14N6O4. The van der Waals surface area contributed by atoms with Gasteiger partial charge < -0.3 is 15.5 Å². The van der Waals surface area contributed by atoms with E-state index < -0.39 is 5.76 Å². The summed E-state index contributed by atoms with van der Waals surface area (Å²) in [6.07, 6.45) is 1.60. The third-order valence-corrected chi connectivity index (χ3v) is 2.92. The molecule has 0 bridgehead atoms. The van der Waals surface area contributed by atoms with Gasteiger partial charge in [-0.25, -0.2) is 14.0 Å². The fraction of sp³-hybridized carbons (Fsp3) is 0.333. The molecule has 0 saturated carbocycles. The van der Waals surface area contributed by atoms with Crippen molar-refractivity contribution in [1.29, 1.82) is 0 Å². The first-order chi connectivity index (χ1) is 10.7. The first kappa shape index (κ1) is 14.1. The zero-order valence-corrected chi connectivity index (χ0v) is 11.8. The summed E-state index contributed by atoms with van der Waals surface area (Å²) >= 11 is 0. The summed E-state index contributed by atoms with van der Waals surface area (Å²) in [5.74, 6) is 0.497. The second-order valence-electron chi connectivity index (χ2n) is 4.63. The lowest BCUT2D eigenvalue weighted by Gasteiger charge is -2.02. The Kier molecular flexibility index (Phi) is 3.74. The van der Waals surface area contributed by atoms with Gasteiger partial charge >= 0.3 is 5.76 Å². The van der Waals surface area contributed by atoms with Crippen LogP contribution in [0.15, 0.2) is 30.7 Å². The summed E-state index contributed by atoms with van der Waals surface area (Å²) < 4.78 is 16.0. The van der Waals surface area contributed by atoms with Crippen molar-refractivity contribution in [1.82, 2.24) is 20.0 Å². The minimum atomic E-state index is -0.628. The van der Waals surface area contributed by atoms with Crippen molar-refractivity contribution in [3.05, 3.63) is 34.2 Å². The lowest BCUT2D eigenvalue weighted by Crippen LogP contribution is -2.17. The van der Waals surface area contributed by atoms with Gasteiger partial charge in [-0.05, 0) is 28.9 Å². The minimum absolute atomic E-state index is 0.161. The summed E-state index contributed by atoms with van der Waals surface area (Å²) in [4.78, 5) is 11.8. The molecule has 3 N–H and O–H groups in total. The van der Waals surface area contributed by atoms with E-state index in [9.17, 15) is 4.79 Å². The third-order valence-electron chi connectivity index (χ3n) is 2.92. The van der Waals surface area contributed by atoms with E-state index in [1.807, 2.05) is 13.0 Å². The van der Waals surface area contributed by atoms with Crippen LogP contribution in [0, 0.1) is 6.92 Å². The maximum absolute atomic E-state index is 11.8. The Hall–Kier alpha value is -2.88. The average molecular weight is 306 g/mol. The number of hydrogen-bond acceptors (Lipinski definition) is 9. The maximum atomic E-state index is 11.8. The highest BCUT2D eigenvalue weighted by Gasteiger charge is 2.22. The van der Waals surface area contributed by atoms with Crippen LogP contribution in [-0.4, -0.2) is 33.1 Å². The molecule has 22 heavy (non-hydrogen) atoms. The van der Waals surface area contributed by atoms with E-state index in [0.717, 1.165) is 5.56 Å². The zero-order chi connectivity index (χ0) is 15.5. The normalized spacial score (nSPS) is 11.0. The fourth-order valence-corrected chi connectivity index (χ4v) is 1.95. The molecule has 0 radical (unpaired) electrons. The van der Waals surface area contributed by atoms with Gasteiger partial charge in [-0.1, -0.05) is 5.16 Å². The largest absolute Gasteiger partial charge is 0.467 e. The number of aromatic nitrogens is 4. The molecule has 0 saturated heterocycles. The predicted octanol–water partition coefficient (Wildman–Crippen LogP) is 0.207. The molecule has 0 fully saturated rings. The molecule has 0 aromatic carbocycles. The second-order valence-corrected chi connectivity index (χ2v) is 4.63. The molecule has 116 valence electrons. The van der Waals surface area contributed by atoms with Crippen molar-refractivity contribution in [2.75, 3.05) is 18.4 Å². The third kappa shape index (κ3) is 2.63. The molecule has 0 aliphatic heterocycles. The minimum Gasteiger partial charge on any atom is -0.467 e. The highest BCUT2D eigenvalue weighted by molar-refractivity contribution is 5.64. The molecule has 0 atom stereocenters. The molecule has 0 aliphatic carbocycles. The number of rotatable bonds is 6. The lowest BCUT2D eigenvalue weighted by molar-refractivity contribution is 0.309. The van der Waals surface area contributed by atoms with Crippen LogP contribution in [0.2, 0.25) is 0 Å². The van der Waals surface area contributed by atoms with Crippen molar-refractivity contribution in [3.63, 3.8) is 0 Å². The Morgan fingerprint density at radius 3 is 2.95 bits per heavy atom. The Morgan fingerprint density at radius 1 is 1.36 bits per heavy atom. The van der Waals surface area contributed by atoms with Crippen molar-refractivity contribution in [2.24, 2.45) is 5.73 Å². The number of furan rings is 1. The zero-order valence-electron chi connectivity index (χ0n) is 11.8. The molecule has 0 aliphatic rings. The first-order valence-corrected chi connectivity index (χ1v) is 6.56. The SMILES string of the molecule is Cc1coc(Cn2c(-c3nonc3NCCN)noc2=O)c1. The van der Waals surface area contributed by atoms with E-state index >= 15 is 0 Å². The molecule has 10 heteroatoms. The van der Waals surface area contributed by atoms with Gasteiger partial charge in [0.05, 0.1) is 12.8 Å². The number of nitrogens with one attached hydrogen (secondary N) is 1. The Bertz CT molecular complexity index is 814. The summed E-state index contributed by atoms with van der Waals surface area (Å²) in [6.45, 7) is 2.93. The van der Waals surface area contributed by atoms with Gasteiger partial charge in [-0.15, -0.1) is 0 Å². The molecule has 3 aromatic heterocycles. The van der Waals surface area contributed by atoms with Gasteiger partial charge in [0.2, 0.25) is 11.6 Å². The van der Waals surface area contributed by atoms with Gasteiger partial charge in [-0.2, -0.15) is 0 Å². The lowest BCUT2D eigenvalue weighted by atomic mass is 10.3. The number of anilines is 1. The molecule has 0 spiro atoms. The van der Waals surface area contributed by atoms with E-state index in [1.54, 1.807) is 6.26 Å². The highest BCUT2D eigenvalue weighted by atomic mass is 16.6. The predicted molar refractivity (Wildman–Crippen MR) is 74.1 cm³/mol. The molecule has 3 aromatic rings. The molecule has 10 nitrogen and oxygen atoms in total. The van der Waals surface area contributed by atoms with Crippen molar-refractivity contribution in [3.8, 4) is 11.5 Å². The summed E-state index contributed by atoms with van der Waals surface area (Å²) in [6, 6.07) is 1.82. The van der Waals surface area contributed by atoms with Crippen molar-refractivity contribution < 1.29 is 13.6 Å². The molecular weight excluding hydrogens is 292 g/mol. The van der Waals surface area contributed by atoms with E-state index in [-0.39, 0.29) is 18.1 Å². The van der Waals surface area contributed by atoms with Gasteiger partial charge in [-0.3, -0.25) is 4.52 Å². The fourth-order valence-electron chi connectivity index (χ4n) is 1.95. The molecule has 3 rings (SSSR count). The average Bonchev–Trinajstić information content (AvgIpc) is 3.20. The van der Waals surface area contributed by atoms with Crippen LogP contribution >= 0.6 is 0 Å². The Balaban J connectivity index is 1.95. The standard InChI is InChI=1S/C12H14N6O4/c1-7-4-8(20-6-7)5-18-11(17-21-12(18)19)9-10(14-3-2-13)16-22-15-9/h4,6H,2-3,5,13H2,1H3,(H,14,16). The highest BCUT2D eigenvalue weighted by Crippen LogP contribution is 2.22. The van der Waals surface area contributed by atoms with E-state index in [1.165, 1.54) is 4.57 Å². The monoisotopic (exact) mass is 306 g/mol. The van der Waals surface area contributed by atoms with Crippen molar-refractivity contribution >= 4 is 5.82 Å². The van der Waals surface area contributed by atoms with Crippen LogP contribution in [0.25, 0.3) is 11.5 Å². The topological polar surface area (TPSA) is 138 Å². The van der Waals surface area contributed by atoms with Crippen LogP contribution in [0.3, 0.4) is 0 Å². The second kappa shape index (κ2) is 5.85. The molecule has 0 amide bonds. The van der Waals surface area contributed by atoms with Gasteiger partial charge in [0, 0.05) is 13.1 Å². The van der Waals surface area contributed by atoms with E-state index in [0.29, 0.717) is 24.7 Å². The van der Waals surface area contributed by atoms with Crippen LogP contribution in [0.4, 0.5) is 5.82 Å². The van der Waals surface area contributed by atoms with Crippen LogP contribution in [0.1, 0.15) is 11.3 Å². The molecule has 0 unspecified atom stereocenters. The smallest absolute Gasteiger partial charge is 0.442 e. The number of nitrogens with two attached hydrogens (primary N) is 1. The Labute approximate surface area is 123 Å². The number of aryl methyl sites for hydroxylation is 1. The van der Waals surface area contributed by atoms with Crippen LogP contribution in [-0.2, 0) is 6.54 Å².